The van der Waals surface area contributed by atoms with Gasteiger partial charge in [-0.05, 0) is 23.8 Å². The Morgan fingerprint density at radius 2 is 1.77 bits per heavy atom. The number of hydrogen-bond donors (Lipinski definition) is 0. The Balaban J connectivity index is 3.06. The molecule has 22 heavy (non-hydrogen) atoms. The minimum absolute atomic E-state index is 0.251. The number of halogens is 5. The van der Waals surface area contributed by atoms with Gasteiger partial charge in [0.1, 0.15) is 6.29 Å². The molecule has 0 aromatic heterocycles. The van der Waals surface area contributed by atoms with Gasteiger partial charge in [-0.3, -0.25) is 4.79 Å². The van der Waals surface area contributed by atoms with Crippen molar-refractivity contribution in [3.05, 3.63) is 29.8 Å². The Morgan fingerprint density at radius 1 is 1.14 bits per heavy atom. The second-order valence-electron chi connectivity index (χ2n) is 3.87. The number of hydrogen-bond acceptors (Lipinski definition) is 4. The lowest BCUT2D eigenvalue weighted by Gasteiger charge is -2.18. The number of esters is 1. The Labute approximate surface area is 121 Å². The van der Waals surface area contributed by atoms with Gasteiger partial charge in [0, 0.05) is 0 Å². The molecule has 0 fully saturated rings. The lowest BCUT2D eigenvalue weighted by Crippen LogP contribution is -2.46. The van der Waals surface area contributed by atoms with Crippen LogP contribution in [0.5, 0.6) is 11.5 Å². The van der Waals surface area contributed by atoms with Crippen molar-refractivity contribution in [1.82, 2.24) is 0 Å². The van der Waals surface area contributed by atoms with E-state index < -0.39 is 23.8 Å². The molecule has 0 saturated heterocycles. The number of carbonyl (C=O) groups excluding carboxylic acids is 2. The van der Waals surface area contributed by atoms with Gasteiger partial charge < -0.3 is 9.47 Å². The fourth-order valence-corrected chi connectivity index (χ4v) is 1.30. The van der Waals surface area contributed by atoms with Crippen LogP contribution in [0.3, 0.4) is 0 Å². The summed E-state index contributed by atoms with van der Waals surface area (Å²) in [5.41, 5.74) is 0.381. The maximum atomic E-state index is 12.8. The van der Waals surface area contributed by atoms with Crippen molar-refractivity contribution >= 4 is 18.3 Å². The standard InChI is InChI=1S/C13H9F5O4/c1-21-10-7-8(3-2-6-19)4-5-9(10)22-11(20)12(14,15)13(16,17)18/h2-7H,1H3/b3-2+. The van der Waals surface area contributed by atoms with Gasteiger partial charge in [0.2, 0.25) is 0 Å². The number of allylic oxidation sites excluding steroid dienone is 1. The van der Waals surface area contributed by atoms with Crippen LogP contribution in [0.2, 0.25) is 0 Å². The van der Waals surface area contributed by atoms with Gasteiger partial charge in [-0.1, -0.05) is 12.1 Å². The molecule has 9 heteroatoms. The number of carbonyl (C=O) groups is 2. The average Bonchev–Trinajstić information content (AvgIpc) is 2.44. The first-order chi connectivity index (χ1) is 10.1. The van der Waals surface area contributed by atoms with Crippen molar-refractivity contribution in [2.75, 3.05) is 7.11 Å². The molecule has 0 aliphatic rings. The number of aldehydes is 1. The van der Waals surface area contributed by atoms with Crippen LogP contribution in [0.25, 0.3) is 6.08 Å². The first kappa shape index (κ1) is 17.6. The molecule has 1 rings (SSSR count). The maximum Gasteiger partial charge on any atom is 0.465 e. The second kappa shape index (κ2) is 6.54. The molecule has 0 atom stereocenters. The smallest absolute Gasteiger partial charge is 0.465 e. The summed E-state index contributed by atoms with van der Waals surface area (Å²) < 4.78 is 70.5. The normalized spacial score (nSPS) is 12.3. The molecule has 0 saturated carbocycles. The predicted octanol–water partition coefficient (Wildman–Crippen LogP) is 3.01. The van der Waals surface area contributed by atoms with Crippen LogP contribution in [0.4, 0.5) is 22.0 Å². The summed E-state index contributed by atoms with van der Waals surface area (Å²) in [5, 5.41) is 0. The maximum absolute atomic E-state index is 12.8. The average molecular weight is 324 g/mol. The molecule has 0 aliphatic heterocycles. The third kappa shape index (κ3) is 3.80. The van der Waals surface area contributed by atoms with Gasteiger partial charge in [-0.15, -0.1) is 0 Å². The molecule has 1 aromatic rings. The first-order valence-corrected chi connectivity index (χ1v) is 5.60. The summed E-state index contributed by atoms with van der Waals surface area (Å²) in [6.07, 6.45) is -3.14. The summed E-state index contributed by atoms with van der Waals surface area (Å²) >= 11 is 0. The fourth-order valence-electron chi connectivity index (χ4n) is 1.30. The molecule has 0 heterocycles. The molecule has 0 spiro atoms. The van der Waals surface area contributed by atoms with Crippen molar-refractivity contribution in [2.45, 2.75) is 12.1 Å². The van der Waals surface area contributed by atoms with Crippen LogP contribution in [0.1, 0.15) is 5.56 Å². The summed E-state index contributed by atoms with van der Waals surface area (Å²) in [6.45, 7) is 0. The van der Waals surface area contributed by atoms with Crippen LogP contribution in [0.15, 0.2) is 24.3 Å². The molecule has 0 bridgehead atoms. The summed E-state index contributed by atoms with van der Waals surface area (Å²) in [6, 6.07) is 3.39. The molecule has 0 amide bonds. The van der Waals surface area contributed by atoms with Gasteiger partial charge in [0.15, 0.2) is 11.5 Å². The van der Waals surface area contributed by atoms with Crippen molar-refractivity contribution in [3.8, 4) is 11.5 Å². The van der Waals surface area contributed by atoms with Crippen LogP contribution < -0.4 is 9.47 Å². The minimum atomic E-state index is -6.07. The highest BCUT2D eigenvalue weighted by molar-refractivity contribution is 5.81. The van der Waals surface area contributed by atoms with Crippen LogP contribution in [-0.2, 0) is 9.59 Å². The van der Waals surface area contributed by atoms with Crippen LogP contribution in [-0.4, -0.2) is 31.5 Å². The Kier molecular flexibility index (Phi) is 5.23. The lowest BCUT2D eigenvalue weighted by atomic mass is 10.2. The Bertz CT molecular complexity index is 593. The number of benzene rings is 1. The molecule has 0 N–H and O–H groups in total. The largest absolute Gasteiger partial charge is 0.493 e. The zero-order chi connectivity index (χ0) is 17.0. The third-order valence-electron chi connectivity index (χ3n) is 2.37. The van der Waals surface area contributed by atoms with E-state index in [4.69, 9.17) is 4.74 Å². The number of ether oxygens (including phenoxy) is 2. The molecular weight excluding hydrogens is 315 g/mol. The number of rotatable bonds is 5. The van der Waals surface area contributed by atoms with E-state index in [1.165, 1.54) is 18.2 Å². The molecular formula is C13H9F5O4. The van der Waals surface area contributed by atoms with E-state index in [0.717, 1.165) is 19.3 Å². The Hall–Kier alpha value is -2.45. The molecule has 0 unspecified atom stereocenters. The van der Waals surface area contributed by atoms with E-state index in [1.807, 2.05) is 0 Å². The second-order valence-corrected chi connectivity index (χ2v) is 3.87. The molecule has 120 valence electrons. The van der Waals surface area contributed by atoms with Crippen molar-refractivity contribution in [1.29, 1.82) is 0 Å². The zero-order valence-corrected chi connectivity index (χ0v) is 11.0. The highest BCUT2D eigenvalue weighted by atomic mass is 19.4. The van der Waals surface area contributed by atoms with E-state index >= 15 is 0 Å². The van der Waals surface area contributed by atoms with E-state index in [-0.39, 0.29) is 5.75 Å². The predicted molar refractivity (Wildman–Crippen MR) is 64.7 cm³/mol. The number of alkyl halides is 5. The topological polar surface area (TPSA) is 52.6 Å². The molecule has 1 aromatic carbocycles. The van der Waals surface area contributed by atoms with Crippen molar-refractivity contribution in [2.24, 2.45) is 0 Å². The van der Waals surface area contributed by atoms with Gasteiger partial charge in [0.25, 0.3) is 0 Å². The SMILES string of the molecule is COc1cc(/C=C/C=O)ccc1OC(=O)C(F)(F)C(F)(F)F. The van der Waals surface area contributed by atoms with Gasteiger partial charge in [-0.2, -0.15) is 22.0 Å². The molecule has 4 nitrogen and oxygen atoms in total. The highest BCUT2D eigenvalue weighted by Crippen LogP contribution is 2.38. The molecule has 0 aliphatic carbocycles. The van der Waals surface area contributed by atoms with Crippen molar-refractivity contribution in [3.63, 3.8) is 0 Å². The summed E-state index contributed by atoms with van der Waals surface area (Å²) in [5.74, 6) is -9.28. The van der Waals surface area contributed by atoms with Crippen molar-refractivity contribution < 1.29 is 41.0 Å². The van der Waals surface area contributed by atoms with E-state index in [2.05, 4.69) is 4.74 Å². The lowest BCUT2D eigenvalue weighted by molar-refractivity contribution is -0.276. The van der Waals surface area contributed by atoms with Crippen LogP contribution in [0, 0.1) is 0 Å². The number of methoxy groups -OCH3 is 1. The quantitative estimate of drug-likeness (QED) is 0.275. The third-order valence-corrected chi connectivity index (χ3v) is 2.37. The van der Waals surface area contributed by atoms with Gasteiger partial charge >= 0.3 is 18.1 Å². The van der Waals surface area contributed by atoms with E-state index in [9.17, 15) is 31.5 Å². The Morgan fingerprint density at radius 3 is 2.27 bits per heavy atom. The zero-order valence-electron chi connectivity index (χ0n) is 11.0. The van der Waals surface area contributed by atoms with Gasteiger partial charge in [-0.25, -0.2) is 4.79 Å². The highest BCUT2D eigenvalue weighted by Gasteiger charge is 2.65. The first-order valence-electron chi connectivity index (χ1n) is 5.60. The monoisotopic (exact) mass is 324 g/mol. The summed E-state index contributed by atoms with van der Waals surface area (Å²) in [4.78, 5) is 21.2. The van der Waals surface area contributed by atoms with Gasteiger partial charge in [0.05, 0.1) is 7.11 Å². The minimum Gasteiger partial charge on any atom is -0.493 e. The van der Waals surface area contributed by atoms with E-state index in [0.29, 0.717) is 11.8 Å². The fraction of sp³-hybridized carbons (Fsp3) is 0.231. The molecule has 0 radical (unpaired) electrons. The summed E-state index contributed by atoms with van der Waals surface area (Å²) in [7, 11) is 1.10. The van der Waals surface area contributed by atoms with E-state index in [1.54, 1.807) is 0 Å². The van der Waals surface area contributed by atoms with Crippen LogP contribution >= 0.6 is 0 Å².